The Morgan fingerprint density at radius 2 is 1.92 bits per heavy atom. The maximum Gasteiger partial charge on any atom is 0.0629 e. The molecule has 4 atom stereocenters. The Morgan fingerprint density at radius 1 is 1.23 bits per heavy atom. The van der Waals surface area contributed by atoms with Gasteiger partial charge in [-0.2, -0.15) is 0 Å². The van der Waals surface area contributed by atoms with Gasteiger partial charge in [0.2, 0.25) is 0 Å². The maximum atomic E-state index is 9.75. The zero-order valence-corrected chi connectivity index (χ0v) is 7.91. The zero-order chi connectivity index (χ0) is 9.00. The predicted molar refractivity (Wildman–Crippen MR) is 52.2 cm³/mol. The molecule has 1 fully saturated rings. The van der Waals surface area contributed by atoms with Crippen LogP contribution in [0.15, 0.2) is 24.3 Å². The monoisotopic (exact) mass is 194 g/mol. The van der Waals surface area contributed by atoms with Crippen LogP contribution in [0.2, 0.25) is 0 Å². The zero-order valence-electron chi connectivity index (χ0n) is 7.15. The van der Waals surface area contributed by atoms with Gasteiger partial charge in [-0.1, -0.05) is 24.3 Å². The highest BCUT2D eigenvalue weighted by atomic mass is 35.5. The minimum absolute atomic E-state index is 0.118. The molecular weight excluding hydrogens is 184 g/mol. The van der Waals surface area contributed by atoms with Crippen LogP contribution in [0, 0.1) is 0 Å². The average Bonchev–Trinajstić information content (AvgIpc) is 2.56. The minimum Gasteiger partial charge on any atom is -0.392 e. The first kappa shape index (κ1) is 7.84. The van der Waals surface area contributed by atoms with E-state index in [1.54, 1.807) is 0 Å². The number of aliphatic hydroxyl groups excluding tert-OH is 1. The molecule has 2 bridgehead atoms. The predicted octanol–water partition coefficient (Wildman–Crippen LogP) is 2.24. The Balaban J connectivity index is 2.18. The Kier molecular flexibility index (Phi) is 1.50. The summed E-state index contributed by atoms with van der Waals surface area (Å²) in [5, 5.41) is 9.87. The number of alkyl halides is 1. The van der Waals surface area contributed by atoms with E-state index in [0.717, 1.165) is 6.42 Å². The molecular formula is C11H11ClO. The van der Waals surface area contributed by atoms with Gasteiger partial charge >= 0.3 is 0 Å². The maximum absolute atomic E-state index is 9.75. The molecule has 0 saturated heterocycles. The number of rotatable bonds is 0. The quantitative estimate of drug-likeness (QED) is 0.628. The van der Waals surface area contributed by atoms with Gasteiger partial charge in [-0.25, -0.2) is 0 Å². The summed E-state index contributed by atoms with van der Waals surface area (Å²) in [5.74, 6) is 0.570. The van der Waals surface area contributed by atoms with Crippen LogP contribution in [0.25, 0.3) is 0 Å². The smallest absolute Gasteiger partial charge is 0.0629 e. The van der Waals surface area contributed by atoms with Crippen LogP contribution >= 0.6 is 11.6 Å². The summed E-state index contributed by atoms with van der Waals surface area (Å²) in [6.45, 7) is 0. The van der Waals surface area contributed by atoms with Gasteiger partial charge in [0.15, 0.2) is 0 Å². The topological polar surface area (TPSA) is 20.2 Å². The Morgan fingerprint density at radius 3 is 2.69 bits per heavy atom. The van der Waals surface area contributed by atoms with Gasteiger partial charge in [0.1, 0.15) is 0 Å². The Bertz CT molecular complexity index is 350. The molecule has 68 valence electrons. The highest BCUT2D eigenvalue weighted by Gasteiger charge is 2.49. The molecule has 1 N–H and O–H groups in total. The second kappa shape index (κ2) is 2.49. The molecule has 1 aromatic carbocycles. The molecule has 1 nitrogen and oxygen atoms in total. The van der Waals surface area contributed by atoms with E-state index in [4.69, 9.17) is 11.6 Å². The number of hydrogen-bond donors (Lipinski definition) is 1. The van der Waals surface area contributed by atoms with Crippen molar-refractivity contribution in [3.05, 3.63) is 35.4 Å². The SMILES string of the molecule is O[C@@H]1C[C@H]2c3ccccc3[C@H]1[C@@H]2Cl. The van der Waals surface area contributed by atoms with Gasteiger partial charge < -0.3 is 5.11 Å². The Hall–Kier alpha value is -0.530. The fourth-order valence-electron chi connectivity index (χ4n) is 2.83. The van der Waals surface area contributed by atoms with E-state index in [1.165, 1.54) is 11.1 Å². The van der Waals surface area contributed by atoms with Crippen molar-refractivity contribution < 1.29 is 5.11 Å². The first-order valence-corrected chi connectivity index (χ1v) is 5.13. The summed E-state index contributed by atoms with van der Waals surface area (Å²) >= 11 is 6.28. The molecule has 0 radical (unpaired) electrons. The molecule has 1 saturated carbocycles. The standard InChI is InChI=1S/C11H11ClO/c12-11-8-5-9(13)10(11)7-4-2-1-3-6(7)8/h1-4,8-11,13H,5H2/t8-,9+,10+,11+/m0/s1. The van der Waals surface area contributed by atoms with Gasteiger partial charge in [-0.3, -0.25) is 0 Å². The van der Waals surface area contributed by atoms with E-state index in [0.29, 0.717) is 5.92 Å². The van der Waals surface area contributed by atoms with Crippen molar-refractivity contribution in [3.8, 4) is 0 Å². The minimum atomic E-state index is -0.220. The van der Waals surface area contributed by atoms with Crippen molar-refractivity contribution in [2.75, 3.05) is 0 Å². The first-order chi connectivity index (χ1) is 6.29. The Labute approximate surface area is 82.3 Å². The molecule has 2 aliphatic carbocycles. The van der Waals surface area contributed by atoms with Crippen LogP contribution in [0.4, 0.5) is 0 Å². The third kappa shape index (κ3) is 0.866. The molecule has 0 aliphatic heterocycles. The fraction of sp³-hybridized carbons (Fsp3) is 0.455. The van der Waals surface area contributed by atoms with E-state index in [2.05, 4.69) is 18.2 Å². The van der Waals surface area contributed by atoms with Crippen LogP contribution in [0.1, 0.15) is 29.4 Å². The summed E-state index contributed by atoms with van der Waals surface area (Å²) in [5.41, 5.74) is 2.63. The van der Waals surface area contributed by atoms with E-state index in [1.807, 2.05) is 6.07 Å². The lowest BCUT2D eigenvalue weighted by molar-refractivity contribution is 0.158. The van der Waals surface area contributed by atoms with Crippen LogP contribution in [-0.2, 0) is 0 Å². The van der Waals surface area contributed by atoms with Crippen molar-refractivity contribution in [2.24, 2.45) is 0 Å². The molecule has 3 rings (SSSR count). The van der Waals surface area contributed by atoms with Crippen molar-refractivity contribution in [1.82, 2.24) is 0 Å². The van der Waals surface area contributed by atoms with Gasteiger partial charge in [0.05, 0.1) is 6.10 Å². The molecule has 1 aromatic rings. The summed E-state index contributed by atoms with van der Waals surface area (Å²) in [6.07, 6.45) is 0.623. The molecule has 0 unspecified atom stereocenters. The van der Waals surface area contributed by atoms with Gasteiger partial charge in [-0.15, -0.1) is 11.6 Å². The van der Waals surface area contributed by atoms with Crippen molar-refractivity contribution in [1.29, 1.82) is 0 Å². The summed E-state index contributed by atoms with van der Waals surface area (Å²) in [4.78, 5) is 0. The molecule has 0 amide bonds. The second-order valence-corrected chi connectivity index (χ2v) is 4.51. The highest BCUT2D eigenvalue weighted by Crippen LogP contribution is 2.55. The lowest BCUT2D eigenvalue weighted by atomic mass is 9.90. The summed E-state index contributed by atoms with van der Waals surface area (Å²) in [7, 11) is 0. The molecule has 2 aliphatic rings. The number of halogens is 1. The molecule has 0 aromatic heterocycles. The fourth-order valence-corrected chi connectivity index (χ4v) is 3.37. The molecule has 2 heteroatoms. The van der Waals surface area contributed by atoms with Gasteiger partial charge in [-0.05, 0) is 17.5 Å². The van der Waals surface area contributed by atoms with E-state index >= 15 is 0 Å². The number of aliphatic hydroxyl groups is 1. The first-order valence-electron chi connectivity index (χ1n) is 4.70. The average molecular weight is 195 g/mol. The van der Waals surface area contributed by atoms with E-state index in [-0.39, 0.29) is 17.4 Å². The molecule has 0 spiro atoms. The lowest BCUT2D eigenvalue weighted by Gasteiger charge is -2.19. The van der Waals surface area contributed by atoms with Crippen molar-refractivity contribution in [2.45, 2.75) is 29.7 Å². The van der Waals surface area contributed by atoms with Crippen LogP contribution < -0.4 is 0 Å². The molecule has 13 heavy (non-hydrogen) atoms. The third-order valence-electron chi connectivity index (χ3n) is 3.39. The van der Waals surface area contributed by atoms with Gasteiger partial charge in [0, 0.05) is 17.2 Å². The van der Waals surface area contributed by atoms with E-state index in [9.17, 15) is 5.11 Å². The molecule has 0 heterocycles. The van der Waals surface area contributed by atoms with Gasteiger partial charge in [0.25, 0.3) is 0 Å². The number of hydrogen-bond acceptors (Lipinski definition) is 1. The second-order valence-electron chi connectivity index (χ2n) is 4.01. The number of benzene rings is 1. The summed E-state index contributed by atoms with van der Waals surface area (Å²) in [6, 6.07) is 8.31. The number of fused-ring (bicyclic) bond motifs is 5. The van der Waals surface area contributed by atoms with Crippen LogP contribution in [0.5, 0.6) is 0 Å². The largest absolute Gasteiger partial charge is 0.392 e. The normalized spacial score (nSPS) is 40.8. The lowest BCUT2D eigenvalue weighted by Crippen LogP contribution is -2.16. The van der Waals surface area contributed by atoms with Crippen molar-refractivity contribution in [3.63, 3.8) is 0 Å². The van der Waals surface area contributed by atoms with Crippen LogP contribution in [0.3, 0.4) is 0 Å². The third-order valence-corrected chi connectivity index (χ3v) is 3.97. The van der Waals surface area contributed by atoms with Crippen molar-refractivity contribution >= 4 is 11.6 Å². The highest BCUT2D eigenvalue weighted by molar-refractivity contribution is 6.22. The van der Waals surface area contributed by atoms with Crippen LogP contribution in [-0.4, -0.2) is 16.6 Å². The summed E-state index contributed by atoms with van der Waals surface area (Å²) < 4.78 is 0. The van der Waals surface area contributed by atoms with E-state index < -0.39 is 0 Å².